The molecule has 0 bridgehead atoms. The summed E-state index contributed by atoms with van der Waals surface area (Å²) < 4.78 is 0. The van der Waals surface area contributed by atoms with Gasteiger partial charge in [-0.1, -0.05) is 20.8 Å². The molecule has 4 N–H and O–H groups in total. The van der Waals surface area contributed by atoms with E-state index in [-0.39, 0.29) is 12.1 Å². The lowest BCUT2D eigenvalue weighted by Crippen LogP contribution is -2.55. The first kappa shape index (κ1) is 16.7. The third-order valence-electron chi connectivity index (χ3n) is 3.46. The summed E-state index contributed by atoms with van der Waals surface area (Å²) in [6.45, 7) is 6.77. The molecule has 0 aromatic heterocycles. The van der Waals surface area contributed by atoms with Crippen LogP contribution in [0.25, 0.3) is 0 Å². The summed E-state index contributed by atoms with van der Waals surface area (Å²) in [5.41, 5.74) is -2.23. The molecule has 106 valence electrons. The Bertz CT molecular complexity index is 290. The molecule has 0 aliphatic carbocycles. The lowest BCUT2D eigenvalue weighted by atomic mass is 9.90. The van der Waals surface area contributed by atoms with Crippen molar-refractivity contribution in [2.24, 2.45) is 0 Å². The van der Waals surface area contributed by atoms with Gasteiger partial charge < -0.3 is 20.8 Å². The van der Waals surface area contributed by atoms with E-state index in [4.69, 9.17) is 5.11 Å². The number of aliphatic hydroxyl groups is 1. The molecule has 1 atom stereocenters. The Kier molecular flexibility index (Phi) is 6.11. The van der Waals surface area contributed by atoms with Gasteiger partial charge in [0.2, 0.25) is 0 Å². The fourth-order valence-electron chi connectivity index (χ4n) is 1.63. The normalized spacial score (nSPS) is 14.7. The van der Waals surface area contributed by atoms with Crippen LogP contribution in [0, 0.1) is 0 Å². The maximum atomic E-state index is 11.7. The van der Waals surface area contributed by atoms with Crippen LogP contribution in [0.1, 0.15) is 47.0 Å². The molecular formula is C12H24N2O4. The molecule has 0 aromatic carbocycles. The molecule has 0 saturated carbocycles. The maximum absolute atomic E-state index is 11.7. The van der Waals surface area contributed by atoms with Crippen LogP contribution in [0.5, 0.6) is 0 Å². The largest absolute Gasteiger partial charge is 0.479 e. The topological polar surface area (TPSA) is 98.7 Å². The van der Waals surface area contributed by atoms with Crippen molar-refractivity contribution in [2.75, 3.05) is 6.54 Å². The van der Waals surface area contributed by atoms with Crippen molar-refractivity contribution in [1.82, 2.24) is 10.6 Å². The molecule has 0 aliphatic heterocycles. The van der Waals surface area contributed by atoms with Crippen molar-refractivity contribution < 1.29 is 19.8 Å². The molecule has 6 nitrogen and oxygen atoms in total. The van der Waals surface area contributed by atoms with Crippen LogP contribution in [0.3, 0.4) is 0 Å². The Morgan fingerprint density at radius 1 is 1.11 bits per heavy atom. The number of hydrogen-bond acceptors (Lipinski definition) is 3. The van der Waals surface area contributed by atoms with E-state index in [9.17, 15) is 14.7 Å². The van der Waals surface area contributed by atoms with Gasteiger partial charge >= 0.3 is 12.0 Å². The third kappa shape index (κ3) is 4.52. The van der Waals surface area contributed by atoms with Crippen molar-refractivity contribution in [3.05, 3.63) is 0 Å². The fourth-order valence-corrected chi connectivity index (χ4v) is 1.63. The zero-order valence-corrected chi connectivity index (χ0v) is 11.5. The molecule has 0 aliphatic rings. The number of carbonyl (C=O) groups excluding carboxylic acids is 1. The van der Waals surface area contributed by atoms with E-state index in [1.807, 2.05) is 20.8 Å². The summed E-state index contributed by atoms with van der Waals surface area (Å²) in [6, 6.07) is -0.456. The Labute approximate surface area is 108 Å². The minimum atomic E-state index is -1.95. The SMILES string of the molecule is CCC(CC)(CC)NC(=O)NCC(C)(O)C(=O)O. The van der Waals surface area contributed by atoms with Gasteiger partial charge in [0.15, 0.2) is 5.60 Å². The van der Waals surface area contributed by atoms with Gasteiger partial charge in [-0.15, -0.1) is 0 Å². The summed E-state index contributed by atoms with van der Waals surface area (Å²) in [5.74, 6) is -1.37. The summed E-state index contributed by atoms with van der Waals surface area (Å²) in [4.78, 5) is 22.3. The lowest BCUT2D eigenvalue weighted by molar-refractivity contribution is -0.155. The summed E-state index contributed by atoms with van der Waals surface area (Å²) >= 11 is 0. The Hall–Kier alpha value is -1.30. The van der Waals surface area contributed by atoms with Gasteiger partial charge in [0.1, 0.15) is 0 Å². The zero-order valence-electron chi connectivity index (χ0n) is 11.5. The number of nitrogens with one attached hydrogen (secondary N) is 2. The lowest BCUT2D eigenvalue weighted by Gasteiger charge is -2.32. The molecule has 6 heteroatoms. The molecule has 0 aromatic rings. The molecule has 18 heavy (non-hydrogen) atoms. The average Bonchev–Trinajstić information content (AvgIpc) is 2.33. The second-order valence-corrected chi connectivity index (χ2v) is 4.73. The van der Waals surface area contributed by atoms with E-state index >= 15 is 0 Å². The van der Waals surface area contributed by atoms with Crippen molar-refractivity contribution in [3.63, 3.8) is 0 Å². The first-order valence-corrected chi connectivity index (χ1v) is 6.24. The van der Waals surface area contributed by atoms with Crippen LogP contribution in [-0.2, 0) is 4.79 Å². The summed E-state index contributed by atoms with van der Waals surface area (Å²) in [5, 5.41) is 23.4. The van der Waals surface area contributed by atoms with Crippen molar-refractivity contribution in [1.29, 1.82) is 0 Å². The third-order valence-corrected chi connectivity index (χ3v) is 3.46. The Morgan fingerprint density at radius 2 is 1.56 bits per heavy atom. The molecule has 0 heterocycles. The molecule has 0 saturated heterocycles. The van der Waals surface area contributed by atoms with E-state index in [0.29, 0.717) is 0 Å². The molecule has 0 radical (unpaired) electrons. The molecular weight excluding hydrogens is 236 g/mol. The number of hydrogen-bond donors (Lipinski definition) is 4. The maximum Gasteiger partial charge on any atom is 0.337 e. The number of carbonyl (C=O) groups is 2. The van der Waals surface area contributed by atoms with Gasteiger partial charge in [-0.3, -0.25) is 0 Å². The highest BCUT2D eigenvalue weighted by atomic mass is 16.4. The van der Waals surface area contributed by atoms with Crippen LogP contribution >= 0.6 is 0 Å². The predicted octanol–water partition coefficient (Wildman–Crippen LogP) is 1.09. The molecule has 0 spiro atoms. The molecule has 0 fully saturated rings. The van der Waals surface area contributed by atoms with Gasteiger partial charge in [-0.25, -0.2) is 9.59 Å². The van der Waals surface area contributed by atoms with E-state index in [0.717, 1.165) is 26.2 Å². The highest BCUT2D eigenvalue weighted by Crippen LogP contribution is 2.18. The quantitative estimate of drug-likeness (QED) is 0.550. The van der Waals surface area contributed by atoms with Gasteiger partial charge in [-0.2, -0.15) is 0 Å². The van der Waals surface area contributed by atoms with Crippen LogP contribution < -0.4 is 10.6 Å². The van der Waals surface area contributed by atoms with Crippen LogP contribution in [0.4, 0.5) is 4.79 Å². The minimum Gasteiger partial charge on any atom is -0.479 e. The first-order chi connectivity index (χ1) is 8.23. The number of aliphatic carboxylic acids is 1. The summed E-state index contributed by atoms with van der Waals surface area (Å²) in [6.07, 6.45) is 2.38. The monoisotopic (exact) mass is 260 g/mol. The van der Waals surface area contributed by atoms with Crippen molar-refractivity contribution in [2.45, 2.75) is 58.1 Å². The molecule has 1 unspecified atom stereocenters. The van der Waals surface area contributed by atoms with Crippen molar-refractivity contribution >= 4 is 12.0 Å². The van der Waals surface area contributed by atoms with Gasteiger partial charge in [0.25, 0.3) is 0 Å². The van der Waals surface area contributed by atoms with E-state index < -0.39 is 17.6 Å². The predicted molar refractivity (Wildman–Crippen MR) is 68.4 cm³/mol. The summed E-state index contributed by atoms with van der Waals surface area (Å²) in [7, 11) is 0. The fraction of sp³-hybridized carbons (Fsp3) is 0.833. The van der Waals surface area contributed by atoms with Crippen LogP contribution in [0.15, 0.2) is 0 Å². The van der Waals surface area contributed by atoms with Gasteiger partial charge in [-0.05, 0) is 26.2 Å². The molecule has 0 rings (SSSR count). The minimum absolute atomic E-state index is 0.279. The van der Waals surface area contributed by atoms with E-state index in [1.165, 1.54) is 0 Å². The van der Waals surface area contributed by atoms with Crippen LogP contribution in [0.2, 0.25) is 0 Å². The van der Waals surface area contributed by atoms with E-state index in [2.05, 4.69) is 10.6 Å². The number of amides is 2. The smallest absolute Gasteiger partial charge is 0.337 e. The Balaban J connectivity index is 4.40. The average molecular weight is 260 g/mol. The second-order valence-electron chi connectivity index (χ2n) is 4.73. The van der Waals surface area contributed by atoms with E-state index in [1.54, 1.807) is 0 Å². The highest BCUT2D eigenvalue weighted by Gasteiger charge is 2.31. The zero-order chi connectivity index (χ0) is 14.4. The Morgan fingerprint density at radius 3 is 1.89 bits per heavy atom. The van der Waals surface area contributed by atoms with Gasteiger partial charge in [0.05, 0.1) is 6.54 Å². The highest BCUT2D eigenvalue weighted by molar-refractivity contribution is 5.79. The number of urea groups is 1. The number of carboxylic acids is 1. The van der Waals surface area contributed by atoms with Crippen molar-refractivity contribution in [3.8, 4) is 0 Å². The van der Waals surface area contributed by atoms with Gasteiger partial charge in [0, 0.05) is 5.54 Å². The number of rotatable bonds is 7. The molecule has 2 amide bonds. The second kappa shape index (κ2) is 6.58. The number of carboxylic acid groups (broad SMARTS) is 1. The van der Waals surface area contributed by atoms with Crippen LogP contribution in [-0.4, -0.2) is 39.9 Å². The standard InChI is InChI=1S/C12H24N2O4/c1-5-12(6-2,7-3)14-10(17)13-8-11(4,18)9(15)16/h18H,5-8H2,1-4H3,(H,15,16)(H2,13,14,17). The first-order valence-electron chi connectivity index (χ1n) is 6.24.